The molecule has 2 fully saturated rings. The van der Waals surface area contributed by atoms with Crippen molar-refractivity contribution in [3.8, 4) is 0 Å². The van der Waals surface area contributed by atoms with Gasteiger partial charge in [-0.15, -0.1) is 0 Å². The lowest BCUT2D eigenvalue weighted by atomic mass is 9.49. The number of hydrogen-bond donors (Lipinski definition) is 2. The van der Waals surface area contributed by atoms with Crippen molar-refractivity contribution in [1.29, 1.82) is 0 Å². The lowest BCUT2D eigenvalue weighted by Gasteiger charge is -2.48. The van der Waals surface area contributed by atoms with Gasteiger partial charge in [0.05, 0.1) is 115 Å². The molecule has 6 atom stereocenters. The van der Waals surface area contributed by atoms with E-state index in [4.69, 9.17) is 28.4 Å². The summed E-state index contributed by atoms with van der Waals surface area (Å²) in [6, 6.07) is 0. The Kier molecular flexibility index (Phi) is 7.34. The summed E-state index contributed by atoms with van der Waals surface area (Å²) >= 11 is 0. The van der Waals surface area contributed by atoms with Crippen LogP contribution in [0.4, 0.5) is 9.59 Å². The fraction of sp³-hybridized carbons (Fsp3) is 0.341. The van der Waals surface area contributed by atoms with Crippen molar-refractivity contribution < 1.29 is 94.9 Å². The molecular formula is C88H58I2N4O8. The first-order valence-corrected chi connectivity index (χ1v) is 37.4. The molecule has 12 nitrogen and oxygen atoms in total. The van der Waals surface area contributed by atoms with Gasteiger partial charge >= 0.3 is 12.2 Å². The van der Waals surface area contributed by atoms with E-state index in [0.717, 1.165) is 48.2 Å². The molecule has 0 saturated carbocycles. The summed E-state index contributed by atoms with van der Waals surface area (Å²) in [5.41, 5.74) is 11.7. The first-order chi connectivity index (χ1) is 48.5. The molecule has 4 spiro atoms. The molecule has 24 aromatic carbocycles. The number of likely N-dealkylation sites (tertiary alicyclic amines) is 2. The predicted octanol–water partition coefficient (Wildman–Crippen LogP) is 10.9. The van der Waals surface area contributed by atoms with Crippen LogP contribution < -0.4 is 58.6 Å². The van der Waals surface area contributed by atoms with Crippen LogP contribution in [0.15, 0.2) is 0 Å². The molecule has 492 valence electrons. The van der Waals surface area contributed by atoms with Crippen molar-refractivity contribution in [1.82, 2.24) is 10.6 Å². The highest BCUT2D eigenvalue weighted by Crippen LogP contribution is 2.89. The second kappa shape index (κ2) is 14.1. The van der Waals surface area contributed by atoms with E-state index in [1.807, 2.05) is 41.5 Å². The average molecular weight is 1550 g/mol. The van der Waals surface area contributed by atoms with Gasteiger partial charge in [-0.25, -0.2) is 9.59 Å². The van der Waals surface area contributed by atoms with Crippen molar-refractivity contribution >= 4 is 271 Å². The molecule has 24 aromatic rings. The smallest absolute Gasteiger partial charge is 0.407 e. The van der Waals surface area contributed by atoms with Gasteiger partial charge in [0.1, 0.15) is 24.3 Å². The van der Waals surface area contributed by atoms with Crippen molar-refractivity contribution in [2.24, 2.45) is 0 Å². The Balaban J connectivity index is 0.00000272. The molecule has 2 heterocycles. The van der Waals surface area contributed by atoms with Crippen molar-refractivity contribution in [2.75, 3.05) is 119 Å². The zero-order chi connectivity index (χ0) is 64.5. The van der Waals surface area contributed by atoms with Crippen LogP contribution in [0.2, 0.25) is 0 Å². The van der Waals surface area contributed by atoms with E-state index in [1.54, 1.807) is 303 Å². The Labute approximate surface area is 609 Å². The zero-order valence-electron chi connectivity index (χ0n) is 57.2. The number of ether oxygens (including phenoxy) is 6. The van der Waals surface area contributed by atoms with Crippen molar-refractivity contribution in [3.05, 3.63) is 44.5 Å². The second-order valence-electron chi connectivity index (χ2n) is 37.2. The number of alkyl carbamates (subject to hydrolysis) is 2. The SMILES string of the molecule is CC(C)(C)OC(=O)NCCOCCOCC[N+]1(C)CC23c4c5c6c7c8c4c4c2c2c9c%10c%11c%12c(c5c5c6c6c%13c%14c%15c%16c%17c(c8c8c4c4c2c2c9c9c%11c%11c%18c%12c5c%13c%18c5c%14c%12c%16c%13c%17c8c4c4c2c2c9c%11c5c%12c2c%134)C72C[N+](C)(CCOCCOCCNC(=O)OC(C)(C)C)CC6%152)C%103C1.[I-].[I-]. The minimum atomic E-state index is -0.550. The molecule has 0 radical (unpaired) electrons. The molecule has 34 rings (SSSR count). The number of quaternary nitrogens is 2. The molecule has 6 unspecified atom stereocenters. The van der Waals surface area contributed by atoms with E-state index in [2.05, 4.69) is 24.7 Å². The average Bonchev–Trinajstić information content (AvgIpc) is 1.38. The number of likely N-dealkylation sites (N-methyl/N-ethyl adjacent to an activating group) is 2. The predicted molar refractivity (Wildman–Crippen MR) is 400 cm³/mol. The van der Waals surface area contributed by atoms with Crippen LogP contribution >= 0.6 is 0 Å². The quantitative estimate of drug-likeness (QED) is 0.0378. The summed E-state index contributed by atoms with van der Waals surface area (Å²) in [5.74, 6) is 0. The number of nitrogens with zero attached hydrogens (tertiary/aromatic N) is 2. The van der Waals surface area contributed by atoms with Gasteiger partial charge in [0.2, 0.25) is 0 Å². The molecule has 10 aliphatic rings. The van der Waals surface area contributed by atoms with Crippen LogP contribution in [-0.4, -0.2) is 152 Å². The number of halogens is 2. The third-order valence-corrected chi connectivity index (χ3v) is 31.5. The number of carbonyl (C=O) groups is 2. The van der Waals surface area contributed by atoms with E-state index >= 15 is 0 Å². The van der Waals surface area contributed by atoms with Crippen LogP contribution in [0, 0.1) is 0 Å². The monoisotopic (exact) mass is 1550 g/mol. The van der Waals surface area contributed by atoms with E-state index in [1.165, 1.54) is 0 Å². The maximum atomic E-state index is 12.5. The van der Waals surface area contributed by atoms with Crippen LogP contribution in [0.3, 0.4) is 0 Å². The van der Waals surface area contributed by atoms with Crippen LogP contribution in [0.25, 0.3) is 259 Å². The largest absolute Gasteiger partial charge is 1.00 e. The van der Waals surface area contributed by atoms with Gasteiger partial charge in [0, 0.05) is 13.1 Å². The molecule has 2 aliphatic heterocycles. The summed E-state index contributed by atoms with van der Waals surface area (Å²) < 4.78 is 38.7. The number of hydrogen-bond acceptors (Lipinski definition) is 8. The van der Waals surface area contributed by atoms with Gasteiger partial charge in [0.15, 0.2) is 0 Å². The Hall–Kier alpha value is -7.52. The van der Waals surface area contributed by atoms with Gasteiger partial charge in [-0.2, -0.15) is 0 Å². The first-order valence-electron chi connectivity index (χ1n) is 37.4. The van der Waals surface area contributed by atoms with Crippen molar-refractivity contribution in [2.45, 2.75) is 74.4 Å². The summed E-state index contributed by atoms with van der Waals surface area (Å²) in [6.07, 6.45) is -0.830. The Morgan fingerprint density at radius 2 is 0.431 bits per heavy atom. The number of nitrogens with one attached hydrogen (secondary N) is 2. The minimum Gasteiger partial charge on any atom is -1.00 e. The number of benzene rings is 16. The standard InChI is InChI=1S/C88H56N4O8.2HI/c1-83(2,3)99-81(93)89-9-13-95-17-19-97-15-11-91(7)21-85-73-57-46-35-28-29-33-26-25-30-27-31(26)42-51-40(33)47-36(29)38-37(35)48-45-49(38)60-58(47)74-62(51)64-53(42)44-34(27)43-52-41(30)50(39(46)32(25)28)61(73)63(52)75-65-54(43)55(44)66-70-69(65)79(87(75,85)23-91)71-67(77(85)59(48)57)56(45)68-72(71)80(70)88(76(64)66)24-92(8,22-86(74,88)78(60)68)12-16-98-20-18-96-14-10-90-82(94)100-84(4,5)6;;/h9-24H2,1-8H3;2*1H. The zero-order valence-corrected chi connectivity index (χ0v) is 61.5. The third kappa shape index (κ3) is 4.03. The molecule has 2 amide bonds. The van der Waals surface area contributed by atoms with Gasteiger partial charge in [-0.1, -0.05) is 0 Å². The summed E-state index contributed by atoms with van der Waals surface area (Å²) in [5, 5.41) is 85.1. The molecule has 102 heavy (non-hydrogen) atoms. The minimum absolute atomic E-state index is 0. The third-order valence-electron chi connectivity index (χ3n) is 31.5. The van der Waals surface area contributed by atoms with E-state index in [0.29, 0.717) is 65.9 Å². The highest BCUT2D eigenvalue weighted by molar-refractivity contribution is 6.78. The number of carbonyl (C=O) groups excluding carboxylic acids is 2. The Morgan fingerprint density at radius 1 is 0.275 bits per heavy atom. The molecule has 14 heteroatoms. The normalized spacial score (nSPS) is 25.9. The molecule has 8 aliphatic carbocycles. The lowest BCUT2D eigenvalue weighted by Crippen LogP contribution is -3.00. The maximum absolute atomic E-state index is 12.5. The fourth-order valence-corrected chi connectivity index (χ4v) is 30.8. The van der Waals surface area contributed by atoms with Crippen LogP contribution in [0.5, 0.6) is 0 Å². The molecular weight excluding hydrogens is 1490 g/mol. The van der Waals surface area contributed by atoms with Crippen LogP contribution in [-0.2, 0) is 50.1 Å². The first kappa shape index (κ1) is 53.3. The maximum Gasteiger partial charge on any atom is 0.407 e. The Morgan fingerprint density at radius 3 is 0.618 bits per heavy atom. The number of amides is 2. The van der Waals surface area contributed by atoms with E-state index in [9.17, 15) is 9.59 Å². The van der Waals surface area contributed by atoms with E-state index in [-0.39, 0.29) is 69.6 Å². The fourth-order valence-electron chi connectivity index (χ4n) is 30.8. The second-order valence-corrected chi connectivity index (χ2v) is 37.2. The van der Waals surface area contributed by atoms with E-state index < -0.39 is 23.4 Å². The molecule has 0 bridgehead atoms. The molecule has 0 aromatic heterocycles. The number of rotatable bonds is 18. The van der Waals surface area contributed by atoms with Gasteiger partial charge in [-0.05, 0) is 345 Å². The summed E-state index contributed by atoms with van der Waals surface area (Å²) in [4.78, 5) is 24.9. The molecule has 2 saturated heterocycles. The topological polar surface area (TPSA) is 114 Å². The highest BCUT2D eigenvalue weighted by Gasteiger charge is 2.81. The van der Waals surface area contributed by atoms with Gasteiger partial charge < -0.3 is 96.0 Å². The van der Waals surface area contributed by atoms with Gasteiger partial charge in [-0.3, -0.25) is 0 Å². The molecule has 2 N–H and O–H groups in total. The summed E-state index contributed by atoms with van der Waals surface area (Å²) in [6.45, 7) is 22.2. The van der Waals surface area contributed by atoms with Crippen molar-refractivity contribution in [3.63, 3.8) is 0 Å². The summed E-state index contributed by atoms with van der Waals surface area (Å²) in [7, 11) is 5.34. The highest BCUT2D eigenvalue weighted by atomic mass is 127. The Bertz CT molecular complexity index is 7760. The van der Waals surface area contributed by atoms with Gasteiger partial charge in [0.25, 0.3) is 0 Å². The van der Waals surface area contributed by atoms with Crippen LogP contribution in [0.1, 0.15) is 86.1 Å². The lowest BCUT2D eigenvalue weighted by molar-refractivity contribution is -0.900.